The molecule has 1 aromatic heterocycles. The Bertz CT molecular complexity index is 830. The van der Waals surface area contributed by atoms with Gasteiger partial charge in [-0.2, -0.15) is 0 Å². The Labute approximate surface area is 150 Å². The molecule has 1 N–H and O–H groups in total. The Morgan fingerprint density at radius 1 is 1.40 bits per heavy atom. The summed E-state index contributed by atoms with van der Waals surface area (Å²) in [6.45, 7) is 6.10. The number of piperazine rings is 1. The van der Waals surface area contributed by atoms with Crippen LogP contribution in [0.15, 0.2) is 29.1 Å². The molecular formula is C18H22FN3O2S. The van der Waals surface area contributed by atoms with Crippen LogP contribution in [0.3, 0.4) is 0 Å². The molecule has 25 heavy (non-hydrogen) atoms. The number of hydrogen-bond donors (Lipinski definition) is 1. The van der Waals surface area contributed by atoms with E-state index in [9.17, 15) is 14.0 Å². The summed E-state index contributed by atoms with van der Waals surface area (Å²) >= 11 is 1.21. The lowest BCUT2D eigenvalue weighted by molar-refractivity contribution is -0.134. The molecule has 1 aromatic carbocycles. The van der Waals surface area contributed by atoms with Gasteiger partial charge in [-0.3, -0.25) is 9.59 Å². The number of carbonyl (C=O) groups excluding carboxylic acids is 1. The molecule has 1 fully saturated rings. The maximum atomic E-state index is 13.6. The zero-order valence-electron chi connectivity index (χ0n) is 14.4. The monoisotopic (exact) mass is 363 g/mol. The van der Waals surface area contributed by atoms with Gasteiger partial charge in [0.1, 0.15) is 5.82 Å². The fraction of sp³-hybridized carbons (Fsp3) is 0.444. The molecule has 0 spiro atoms. The van der Waals surface area contributed by atoms with Crippen molar-refractivity contribution >= 4 is 17.2 Å². The third kappa shape index (κ3) is 3.82. The Morgan fingerprint density at radius 2 is 2.20 bits per heavy atom. The van der Waals surface area contributed by atoms with Crippen LogP contribution in [0.2, 0.25) is 0 Å². The van der Waals surface area contributed by atoms with Gasteiger partial charge in [0.15, 0.2) is 0 Å². The number of thiazole rings is 1. The average Bonchev–Trinajstić information content (AvgIpc) is 2.85. The summed E-state index contributed by atoms with van der Waals surface area (Å²) in [6.07, 6.45) is 0.267. The van der Waals surface area contributed by atoms with Crippen molar-refractivity contribution in [1.29, 1.82) is 0 Å². The summed E-state index contributed by atoms with van der Waals surface area (Å²) in [7, 11) is 0. The molecule has 2 heterocycles. The summed E-state index contributed by atoms with van der Waals surface area (Å²) in [4.78, 5) is 27.5. The van der Waals surface area contributed by atoms with E-state index in [1.165, 1.54) is 23.5 Å². The van der Waals surface area contributed by atoms with E-state index in [-0.39, 0.29) is 29.1 Å². The van der Waals surface area contributed by atoms with Crippen molar-refractivity contribution in [3.63, 3.8) is 0 Å². The van der Waals surface area contributed by atoms with Gasteiger partial charge in [-0.1, -0.05) is 23.5 Å². The first-order valence-corrected chi connectivity index (χ1v) is 9.21. The predicted octanol–water partition coefficient (Wildman–Crippen LogP) is 2.23. The second kappa shape index (κ2) is 7.49. The molecule has 1 atom stereocenters. The van der Waals surface area contributed by atoms with Gasteiger partial charge in [-0.05, 0) is 31.5 Å². The van der Waals surface area contributed by atoms with Crippen LogP contribution in [-0.4, -0.2) is 35.0 Å². The van der Waals surface area contributed by atoms with Gasteiger partial charge >= 0.3 is 4.87 Å². The summed E-state index contributed by atoms with van der Waals surface area (Å²) in [5, 5.41) is 3.26. The number of aromatic nitrogens is 1. The molecule has 0 aliphatic carbocycles. The van der Waals surface area contributed by atoms with Crippen LogP contribution in [0, 0.1) is 19.7 Å². The van der Waals surface area contributed by atoms with E-state index < -0.39 is 0 Å². The van der Waals surface area contributed by atoms with E-state index >= 15 is 0 Å². The van der Waals surface area contributed by atoms with E-state index in [0.29, 0.717) is 26.2 Å². The first-order chi connectivity index (χ1) is 12.0. The van der Waals surface area contributed by atoms with Gasteiger partial charge in [0.05, 0.1) is 6.04 Å². The minimum atomic E-state index is -0.300. The number of halogens is 1. The van der Waals surface area contributed by atoms with Crippen molar-refractivity contribution in [2.24, 2.45) is 0 Å². The van der Waals surface area contributed by atoms with Gasteiger partial charge in [0, 0.05) is 43.2 Å². The molecular weight excluding hydrogens is 341 g/mol. The van der Waals surface area contributed by atoms with E-state index in [0.717, 1.165) is 16.1 Å². The second-order valence-corrected chi connectivity index (χ2v) is 7.44. The lowest BCUT2D eigenvalue weighted by atomic mass is 10.0. The molecule has 3 rings (SSSR count). The van der Waals surface area contributed by atoms with E-state index in [1.54, 1.807) is 15.5 Å². The van der Waals surface area contributed by atoms with E-state index in [4.69, 9.17) is 0 Å². The number of carbonyl (C=O) groups is 1. The first kappa shape index (κ1) is 17.8. The molecule has 1 unspecified atom stereocenters. The maximum absolute atomic E-state index is 13.6. The molecule has 2 aromatic rings. The summed E-state index contributed by atoms with van der Waals surface area (Å²) < 4.78 is 15.2. The van der Waals surface area contributed by atoms with Crippen molar-refractivity contribution in [2.45, 2.75) is 32.9 Å². The smallest absolute Gasteiger partial charge is 0.307 e. The van der Waals surface area contributed by atoms with Crippen LogP contribution < -0.4 is 10.2 Å². The lowest BCUT2D eigenvalue weighted by Gasteiger charge is -2.36. The van der Waals surface area contributed by atoms with Crippen LogP contribution >= 0.6 is 11.3 Å². The quantitative estimate of drug-likeness (QED) is 0.906. The number of nitrogens with zero attached hydrogens (tertiary/aromatic N) is 2. The molecule has 1 saturated heterocycles. The standard InChI is InChI=1S/C18H22FN3O2S/c1-12-13(2)25-18(24)21(12)8-6-17(23)22-9-7-20-11-16(22)14-4-3-5-15(19)10-14/h3-5,10,16,20H,6-9,11H2,1-2H3. The van der Waals surface area contributed by atoms with Crippen LogP contribution in [0.25, 0.3) is 0 Å². The molecule has 134 valence electrons. The van der Waals surface area contributed by atoms with Gasteiger partial charge in [0.25, 0.3) is 0 Å². The highest BCUT2D eigenvalue weighted by molar-refractivity contribution is 7.09. The second-order valence-electron chi connectivity index (χ2n) is 6.27. The molecule has 1 aliphatic rings. The van der Waals surface area contributed by atoms with Crippen LogP contribution in [-0.2, 0) is 11.3 Å². The molecule has 0 bridgehead atoms. The summed E-state index contributed by atoms with van der Waals surface area (Å²) in [5.41, 5.74) is 1.71. The highest BCUT2D eigenvalue weighted by Crippen LogP contribution is 2.24. The van der Waals surface area contributed by atoms with Crippen molar-refractivity contribution in [1.82, 2.24) is 14.8 Å². The maximum Gasteiger partial charge on any atom is 0.307 e. The first-order valence-electron chi connectivity index (χ1n) is 8.40. The van der Waals surface area contributed by atoms with Crippen molar-refractivity contribution in [3.05, 3.63) is 55.9 Å². The Morgan fingerprint density at radius 3 is 2.88 bits per heavy atom. The number of amides is 1. The normalized spacial score (nSPS) is 17.7. The molecule has 7 heteroatoms. The van der Waals surface area contributed by atoms with Crippen molar-refractivity contribution in [3.8, 4) is 0 Å². The number of hydrogen-bond acceptors (Lipinski definition) is 4. The SMILES string of the molecule is Cc1sc(=O)n(CCC(=O)N2CCNCC2c2cccc(F)c2)c1C. The zero-order valence-corrected chi connectivity index (χ0v) is 15.2. The van der Waals surface area contributed by atoms with E-state index in [1.807, 2.05) is 19.9 Å². The Balaban J connectivity index is 1.74. The van der Waals surface area contributed by atoms with Crippen molar-refractivity contribution in [2.75, 3.05) is 19.6 Å². The lowest BCUT2D eigenvalue weighted by Crippen LogP contribution is -2.49. The number of rotatable bonds is 4. The minimum absolute atomic E-state index is 0.00841. The molecule has 0 saturated carbocycles. The molecule has 1 amide bonds. The zero-order chi connectivity index (χ0) is 18.0. The van der Waals surface area contributed by atoms with Crippen molar-refractivity contribution < 1.29 is 9.18 Å². The topological polar surface area (TPSA) is 54.3 Å². The average molecular weight is 363 g/mol. The summed E-state index contributed by atoms with van der Waals surface area (Å²) in [6, 6.07) is 6.21. The molecule has 0 radical (unpaired) electrons. The largest absolute Gasteiger partial charge is 0.333 e. The van der Waals surface area contributed by atoms with Gasteiger partial charge < -0.3 is 14.8 Å². The predicted molar refractivity (Wildman–Crippen MR) is 96.4 cm³/mol. The van der Waals surface area contributed by atoms with Gasteiger partial charge in [0.2, 0.25) is 5.91 Å². The number of benzene rings is 1. The summed E-state index contributed by atoms with van der Waals surface area (Å²) in [5.74, 6) is -0.308. The molecule has 5 nitrogen and oxygen atoms in total. The number of aryl methyl sites for hydroxylation is 1. The van der Waals surface area contributed by atoms with E-state index in [2.05, 4.69) is 5.32 Å². The van der Waals surface area contributed by atoms with Gasteiger partial charge in [-0.15, -0.1) is 0 Å². The Kier molecular flexibility index (Phi) is 5.34. The van der Waals surface area contributed by atoms with Crippen LogP contribution in [0.1, 0.15) is 28.6 Å². The van der Waals surface area contributed by atoms with Crippen LogP contribution in [0.4, 0.5) is 4.39 Å². The fourth-order valence-electron chi connectivity index (χ4n) is 3.21. The third-order valence-electron chi connectivity index (χ3n) is 4.72. The van der Waals surface area contributed by atoms with Crippen LogP contribution in [0.5, 0.6) is 0 Å². The Hall–Kier alpha value is -1.99. The molecule has 1 aliphatic heterocycles. The number of nitrogens with one attached hydrogen (secondary N) is 1. The highest BCUT2D eigenvalue weighted by Gasteiger charge is 2.28. The highest BCUT2D eigenvalue weighted by atomic mass is 32.1. The fourth-order valence-corrected chi connectivity index (χ4v) is 4.07. The minimum Gasteiger partial charge on any atom is -0.333 e. The van der Waals surface area contributed by atoms with Gasteiger partial charge in [-0.25, -0.2) is 4.39 Å². The third-order valence-corrected chi connectivity index (χ3v) is 5.72.